The third kappa shape index (κ3) is 3.44. The zero-order valence-electron chi connectivity index (χ0n) is 11.8. The molecule has 1 aromatic rings. The first kappa shape index (κ1) is 14.9. The summed E-state index contributed by atoms with van der Waals surface area (Å²) < 4.78 is 40.9. The summed E-state index contributed by atoms with van der Waals surface area (Å²) in [6, 6.07) is 3.66. The Morgan fingerprint density at radius 2 is 1.86 bits per heavy atom. The fraction of sp³-hybridized carbons (Fsp3) is 0.600. The average molecular weight is 313 g/mol. The van der Waals surface area contributed by atoms with Crippen molar-refractivity contribution in [1.29, 1.82) is 0 Å². The van der Waals surface area contributed by atoms with Crippen LogP contribution in [-0.4, -0.2) is 20.1 Å². The first-order valence-electron chi connectivity index (χ1n) is 7.40. The van der Waals surface area contributed by atoms with Gasteiger partial charge in [-0.15, -0.1) is 0 Å². The van der Waals surface area contributed by atoms with Crippen LogP contribution in [0.2, 0.25) is 0 Å². The molecule has 6 heteroatoms. The lowest BCUT2D eigenvalue weighted by Crippen LogP contribution is -2.31. The molecule has 0 saturated heterocycles. The van der Waals surface area contributed by atoms with Crippen LogP contribution < -0.4 is 4.72 Å². The van der Waals surface area contributed by atoms with Crippen LogP contribution in [0.25, 0.3) is 0 Å². The third-order valence-electron chi connectivity index (χ3n) is 4.43. The van der Waals surface area contributed by atoms with Crippen LogP contribution in [0.1, 0.15) is 31.2 Å². The van der Waals surface area contributed by atoms with Gasteiger partial charge in [0, 0.05) is 6.54 Å². The lowest BCUT2D eigenvalue weighted by Gasteiger charge is -2.16. The van der Waals surface area contributed by atoms with Crippen LogP contribution in [0.4, 0.5) is 4.39 Å². The largest absolute Gasteiger partial charge is 0.392 e. The summed E-state index contributed by atoms with van der Waals surface area (Å²) in [6.07, 6.45) is 4.71. The molecular formula is C15H20FNO3S. The molecule has 0 radical (unpaired) electrons. The van der Waals surface area contributed by atoms with Crippen molar-refractivity contribution in [2.45, 2.75) is 37.2 Å². The molecule has 2 aliphatic rings. The SMILES string of the molecule is O=S(=O)(NCC(C1CC1)C1CC1)c1cc(CO)ccc1F. The molecule has 0 atom stereocenters. The fourth-order valence-electron chi connectivity index (χ4n) is 2.90. The van der Waals surface area contributed by atoms with Crippen LogP contribution in [-0.2, 0) is 16.6 Å². The van der Waals surface area contributed by atoms with Crippen molar-refractivity contribution in [2.75, 3.05) is 6.54 Å². The van der Waals surface area contributed by atoms with Crippen LogP contribution in [0.5, 0.6) is 0 Å². The van der Waals surface area contributed by atoms with E-state index < -0.39 is 15.8 Å². The normalized spacial score (nSPS) is 19.2. The summed E-state index contributed by atoms with van der Waals surface area (Å²) in [4.78, 5) is -0.376. The van der Waals surface area contributed by atoms with Crippen LogP contribution in [0.3, 0.4) is 0 Å². The summed E-state index contributed by atoms with van der Waals surface area (Å²) >= 11 is 0. The highest BCUT2D eigenvalue weighted by molar-refractivity contribution is 7.89. The number of sulfonamides is 1. The molecule has 0 spiro atoms. The lowest BCUT2D eigenvalue weighted by molar-refractivity contribution is 0.281. The summed E-state index contributed by atoms with van der Waals surface area (Å²) in [5.41, 5.74) is 0.387. The second-order valence-electron chi connectivity index (χ2n) is 6.11. The van der Waals surface area contributed by atoms with Crippen LogP contribution in [0, 0.1) is 23.6 Å². The van der Waals surface area contributed by atoms with Gasteiger partial charge in [0.15, 0.2) is 0 Å². The molecule has 1 aromatic carbocycles. The molecule has 0 amide bonds. The zero-order chi connectivity index (χ0) is 15.0. The number of rotatable bonds is 7. The lowest BCUT2D eigenvalue weighted by atomic mass is 9.99. The molecule has 116 valence electrons. The Balaban J connectivity index is 1.73. The van der Waals surface area contributed by atoms with E-state index in [9.17, 15) is 12.8 Å². The van der Waals surface area contributed by atoms with E-state index in [1.807, 2.05) is 0 Å². The topological polar surface area (TPSA) is 66.4 Å². The number of nitrogens with one attached hydrogen (secondary N) is 1. The molecule has 2 aliphatic carbocycles. The van der Waals surface area contributed by atoms with Crippen LogP contribution in [0.15, 0.2) is 23.1 Å². The molecule has 2 saturated carbocycles. The standard InChI is InChI=1S/C15H20FNO3S/c16-14-6-1-10(9-18)7-15(14)21(19,20)17-8-13(11-2-3-11)12-4-5-12/h1,6-7,11-13,17-18H,2-5,8-9H2. The van der Waals surface area contributed by atoms with Crippen molar-refractivity contribution in [3.8, 4) is 0 Å². The smallest absolute Gasteiger partial charge is 0.243 e. The molecule has 21 heavy (non-hydrogen) atoms. The second kappa shape index (κ2) is 5.66. The highest BCUT2D eigenvalue weighted by Gasteiger charge is 2.41. The number of benzene rings is 1. The first-order valence-corrected chi connectivity index (χ1v) is 8.88. The molecule has 2 N–H and O–H groups in total. The van der Waals surface area contributed by atoms with Crippen molar-refractivity contribution in [2.24, 2.45) is 17.8 Å². The van der Waals surface area contributed by atoms with E-state index >= 15 is 0 Å². The maximum absolute atomic E-state index is 13.8. The highest BCUT2D eigenvalue weighted by atomic mass is 32.2. The molecule has 0 aliphatic heterocycles. The van der Waals surface area contributed by atoms with Gasteiger partial charge in [-0.1, -0.05) is 6.07 Å². The van der Waals surface area contributed by atoms with E-state index in [0.29, 0.717) is 29.9 Å². The minimum atomic E-state index is -3.87. The Labute approximate surface area is 124 Å². The molecular weight excluding hydrogens is 293 g/mol. The van der Waals surface area contributed by atoms with E-state index in [1.54, 1.807) is 0 Å². The van der Waals surface area contributed by atoms with Gasteiger partial charge in [-0.2, -0.15) is 0 Å². The van der Waals surface area contributed by atoms with Crippen molar-refractivity contribution in [3.63, 3.8) is 0 Å². The van der Waals surface area contributed by atoms with Crippen molar-refractivity contribution in [1.82, 2.24) is 4.72 Å². The minimum absolute atomic E-state index is 0.310. The Morgan fingerprint density at radius 3 is 2.38 bits per heavy atom. The molecule has 0 heterocycles. The number of aliphatic hydroxyl groups is 1. The maximum Gasteiger partial charge on any atom is 0.243 e. The Kier molecular flexibility index (Phi) is 4.03. The Bertz CT molecular complexity index is 612. The summed E-state index contributed by atoms with van der Waals surface area (Å²) in [5, 5.41) is 9.06. The van der Waals surface area contributed by atoms with Gasteiger partial charge < -0.3 is 5.11 Å². The van der Waals surface area contributed by atoms with E-state index in [-0.39, 0.29) is 11.5 Å². The predicted molar refractivity (Wildman–Crippen MR) is 76.4 cm³/mol. The van der Waals surface area contributed by atoms with Gasteiger partial charge in [-0.3, -0.25) is 0 Å². The van der Waals surface area contributed by atoms with Gasteiger partial charge in [-0.25, -0.2) is 17.5 Å². The molecule has 0 aromatic heterocycles. The quantitative estimate of drug-likeness (QED) is 0.809. The molecule has 0 bridgehead atoms. The molecule has 4 nitrogen and oxygen atoms in total. The van der Waals surface area contributed by atoms with E-state index in [1.165, 1.54) is 37.8 Å². The summed E-state index contributed by atoms with van der Waals surface area (Å²) in [6.45, 7) is 0.0794. The monoisotopic (exact) mass is 313 g/mol. The minimum Gasteiger partial charge on any atom is -0.392 e. The number of halogens is 1. The molecule has 3 rings (SSSR count). The zero-order valence-corrected chi connectivity index (χ0v) is 12.6. The Morgan fingerprint density at radius 1 is 1.24 bits per heavy atom. The number of hydrogen-bond donors (Lipinski definition) is 2. The van der Waals surface area contributed by atoms with Crippen molar-refractivity contribution >= 4 is 10.0 Å². The number of aliphatic hydroxyl groups excluding tert-OH is 1. The second-order valence-corrected chi connectivity index (χ2v) is 7.85. The highest BCUT2D eigenvalue weighted by Crippen LogP contribution is 2.48. The third-order valence-corrected chi connectivity index (χ3v) is 5.87. The van der Waals surface area contributed by atoms with E-state index in [2.05, 4.69) is 4.72 Å². The number of hydrogen-bond acceptors (Lipinski definition) is 3. The van der Waals surface area contributed by atoms with Crippen molar-refractivity contribution < 1.29 is 17.9 Å². The van der Waals surface area contributed by atoms with Gasteiger partial charge in [0.2, 0.25) is 10.0 Å². The Hall–Kier alpha value is -0.980. The van der Waals surface area contributed by atoms with Gasteiger partial charge in [-0.05, 0) is 61.1 Å². The van der Waals surface area contributed by atoms with Gasteiger partial charge in [0.25, 0.3) is 0 Å². The fourth-order valence-corrected chi connectivity index (χ4v) is 4.10. The molecule has 0 unspecified atom stereocenters. The van der Waals surface area contributed by atoms with Gasteiger partial charge in [0.1, 0.15) is 10.7 Å². The predicted octanol–water partition coefficient (Wildman–Crippen LogP) is 2.03. The van der Waals surface area contributed by atoms with Gasteiger partial charge >= 0.3 is 0 Å². The summed E-state index contributed by atoms with van der Waals surface area (Å²) in [5.74, 6) is 0.876. The van der Waals surface area contributed by atoms with E-state index in [4.69, 9.17) is 5.11 Å². The first-order chi connectivity index (χ1) is 10.0. The van der Waals surface area contributed by atoms with E-state index in [0.717, 1.165) is 6.07 Å². The van der Waals surface area contributed by atoms with Crippen LogP contribution >= 0.6 is 0 Å². The molecule has 2 fully saturated rings. The van der Waals surface area contributed by atoms with Crippen molar-refractivity contribution in [3.05, 3.63) is 29.6 Å². The van der Waals surface area contributed by atoms with Gasteiger partial charge in [0.05, 0.1) is 6.61 Å². The maximum atomic E-state index is 13.8. The summed E-state index contributed by atoms with van der Waals surface area (Å²) in [7, 11) is -3.87. The average Bonchev–Trinajstić information content (AvgIpc) is 3.33.